The highest BCUT2D eigenvalue weighted by molar-refractivity contribution is 9.10. The van der Waals surface area contributed by atoms with Gasteiger partial charge in [-0.1, -0.05) is 23.4 Å². The minimum atomic E-state index is -0.772. The van der Waals surface area contributed by atoms with Crippen molar-refractivity contribution in [1.82, 2.24) is 15.1 Å². The molecule has 0 saturated carbocycles. The van der Waals surface area contributed by atoms with Gasteiger partial charge in [-0.2, -0.15) is 4.98 Å². The Morgan fingerprint density at radius 2 is 2.05 bits per heavy atom. The van der Waals surface area contributed by atoms with E-state index in [9.17, 15) is 5.11 Å². The summed E-state index contributed by atoms with van der Waals surface area (Å²) in [5, 5.41) is 14.4. The summed E-state index contributed by atoms with van der Waals surface area (Å²) < 4.78 is 5.87. The Morgan fingerprint density at radius 3 is 2.81 bits per heavy atom. The molecular formula is C14H13BrN4O2. The van der Waals surface area contributed by atoms with Gasteiger partial charge >= 0.3 is 0 Å². The number of rotatable bonds is 3. The van der Waals surface area contributed by atoms with Crippen molar-refractivity contribution in [3.8, 4) is 11.5 Å². The zero-order chi connectivity index (χ0) is 15.0. The summed E-state index contributed by atoms with van der Waals surface area (Å²) in [5.41, 5.74) is 7.19. The third-order valence-electron chi connectivity index (χ3n) is 3.14. The van der Waals surface area contributed by atoms with Gasteiger partial charge in [-0.05, 0) is 35.0 Å². The van der Waals surface area contributed by atoms with E-state index in [0.717, 1.165) is 15.4 Å². The summed E-state index contributed by atoms with van der Waals surface area (Å²) in [6, 6.07) is 8.98. The Hall–Kier alpha value is -1.83. The van der Waals surface area contributed by atoms with Crippen molar-refractivity contribution in [2.75, 3.05) is 0 Å². The lowest BCUT2D eigenvalue weighted by molar-refractivity contribution is 0.146. The molecule has 1 aromatic carbocycles. The van der Waals surface area contributed by atoms with Crippen LogP contribution in [0.5, 0.6) is 0 Å². The van der Waals surface area contributed by atoms with Gasteiger partial charge in [0.2, 0.25) is 11.7 Å². The number of benzene rings is 1. The summed E-state index contributed by atoms with van der Waals surface area (Å²) in [6.45, 7) is 1.57. The fourth-order valence-electron chi connectivity index (χ4n) is 1.92. The maximum atomic E-state index is 9.47. The highest BCUT2D eigenvalue weighted by Gasteiger charge is 2.21. The lowest BCUT2D eigenvalue weighted by Crippen LogP contribution is -2.23. The van der Waals surface area contributed by atoms with Crippen LogP contribution in [0, 0.1) is 0 Å². The minimum Gasteiger partial charge on any atom is -0.391 e. The van der Waals surface area contributed by atoms with Crippen LogP contribution >= 0.6 is 15.9 Å². The maximum Gasteiger partial charge on any atom is 0.246 e. The molecule has 0 spiro atoms. The number of aliphatic hydroxyl groups is 1. The molecule has 3 aromatic rings. The highest BCUT2D eigenvalue weighted by atomic mass is 79.9. The quantitative estimate of drug-likeness (QED) is 0.754. The first kappa shape index (κ1) is 14.1. The molecule has 2 atom stereocenters. The number of aromatic nitrogens is 3. The summed E-state index contributed by atoms with van der Waals surface area (Å²) in [7, 11) is 0. The van der Waals surface area contributed by atoms with Crippen LogP contribution in [0.15, 0.2) is 39.3 Å². The second-order valence-corrected chi connectivity index (χ2v) is 5.59. The van der Waals surface area contributed by atoms with Crippen molar-refractivity contribution in [2.24, 2.45) is 5.73 Å². The average molecular weight is 349 g/mol. The molecule has 6 nitrogen and oxygen atoms in total. The molecule has 2 aromatic heterocycles. The van der Waals surface area contributed by atoms with Crippen molar-refractivity contribution in [1.29, 1.82) is 0 Å². The van der Waals surface area contributed by atoms with Crippen LogP contribution < -0.4 is 5.73 Å². The summed E-state index contributed by atoms with van der Waals surface area (Å²) in [5.74, 6) is 0.514. The molecule has 0 aliphatic carbocycles. The second kappa shape index (κ2) is 5.51. The lowest BCUT2D eigenvalue weighted by atomic mass is 10.2. The van der Waals surface area contributed by atoms with Gasteiger partial charge in [-0.15, -0.1) is 0 Å². The molecule has 7 heteroatoms. The summed E-state index contributed by atoms with van der Waals surface area (Å²) in [6.07, 6.45) is -0.772. The van der Waals surface area contributed by atoms with E-state index in [2.05, 4.69) is 31.1 Å². The SMILES string of the molecule is CC(O)C(N)c1nc(-c2nc3ccccc3cc2Br)no1. The van der Waals surface area contributed by atoms with E-state index in [0.29, 0.717) is 11.5 Å². The largest absolute Gasteiger partial charge is 0.391 e. The first-order valence-corrected chi connectivity index (χ1v) is 7.18. The van der Waals surface area contributed by atoms with Crippen LogP contribution in [0.25, 0.3) is 22.4 Å². The molecule has 0 fully saturated rings. The monoisotopic (exact) mass is 348 g/mol. The first-order valence-electron chi connectivity index (χ1n) is 6.39. The van der Waals surface area contributed by atoms with Crippen LogP contribution in [-0.4, -0.2) is 26.3 Å². The zero-order valence-corrected chi connectivity index (χ0v) is 12.8. The maximum absolute atomic E-state index is 9.47. The Morgan fingerprint density at radius 1 is 1.29 bits per heavy atom. The van der Waals surface area contributed by atoms with Gasteiger partial charge in [-0.25, -0.2) is 4.98 Å². The molecule has 3 rings (SSSR count). The van der Waals surface area contributed by atoms with Crippen LogP contribution in [0.4, 0.5) is 0 Å². The van der Waals surface area contributed by atoms with Gasteiger partial charge in [0.15, 0.2) is 0 Å². The fourth-order valence-corrected chi connectivity index (χ4v) is 2.43. The Labute approximate surface area is 129 Å². The number of nitrogens with two attached hydrogens (primary N) is 1. The van der Waals surface area contributed by atoms with Crippen molar-refractivity contribution < 1.29 is 9.63 Å². The minimum absolute atomic E-state index is 0.182. The van der Waals surface area contributed by atoms with Gasteiger partial charge in [-0.3, -0.25) is 0 Å². The van der Waals surface area contributed by atoms with Crippen LogP contribution in [-0.2, 0) is 0 Å². The molecule has 0 bridgehead atoms. The van der Waals surface area contributed by atoms with Crippen LogP contribution in [0.2, 0.25) is 0 Å². The molecular weight excluding hydrogens is 336 g/mol. The third kappa shape index (κ3) is 2.67. The van der Waals surface area contributed by atoms with Gasteiger partial charge in [0.25, 0.3) is 0 Å². The van der Waals surface area contributed by atoms with E-state index in [1.807, 2.05) is 30.3 Å². The van der Waals surface area contributed by atoms with Gasteiger partial charge in [0.05, 0.1) is 11.6 Å². The number of fused-ring (bicyclic) bond motifs is 1. The number of aliphatic hydroxyl groups excluding tert-OH is 1. The van der Waals surface area contributed by atoms with E-state index in [1.54, 1.807) is 6.92 Å². The first-order chi connectivity index (χ1) is 10.1. The van der Waals surface area contributed by atoms with Crippen LogP contribution in [0.1, 0.15) is 18.9 Å². The Balaban J connectivity index is 2.06. The Bertz CT molecular complexity index is 787. The number of hydrogen-bond donors (Lipinski definition) is 2. The fraction of sp³-hybridized carbons (Fsp3) is 0.214. The van der Waals surface area contributed by atoms with E-state index >= 15 is 0 Å². The molecule has 21 heavy (non-hydrogen) atoms. The lowest BCUT2D eigenvalue weighted by Gasteiger charge is -2.08. The Kier molecular flexibility index (Phi) is 3.71. The average Bonchev–Trinajstić information content (AvgIpc) is 2.95. The normalized spacial score (nSPS) is 14.3. The van der Waals surface area contributed by atoms with Crippen molar-refractivity contribution in [3.05, 3.63) is 40.7 Å². The molecule has 0 aliphatic heterocycles. The third-order valence-corrected chi connectivity index (χ3v) is 3.74. The number of pyridine rings is 1. The molecule has 2 heterocycles. The second-order valence-electron chi connectivity index (χ2n) is 4.73. The molecule has 0 saturated heterocycles. The number of halogens is 1. The molecule has 0 amide bonds. The topological polar surface area (TPSA) is 98.1 Å². The smallest absolute Gasteiger partial charge is 0.246 e. The van der Waals surface area contributed by atoms with Crippen molar-refractivity contribution >= 4 is 26.8 Å². The molecule has 0 radical (unpaired) electrons. The van der Waals surface area contributed by atoms with E-state index < -0.39 is 12.1 Å². The number of nitrogens with zero attached hydrogens (tertiary/aromatic N) is 3. The van der Waals surface area contributed by atoms with E-state index in [1.165, 1.54) is 0 Å². The summed E-state index contributed by atoms with van der Waals surface area (Å²) in [4.78, 5) is 8.74. The van der Waals surface area contributed by atoms with Gasteiger partial charge in [0, 0.05) is 9.86 Å². The van der Waals surface area contributed by atoms with Crippen molar-refractivity contribution in [3.63, 3.8) is 0 Å². The van der Waals surface area contributed by atoms with E-state index in [-0.39, 0.29) is 5.89 Å². The highest BCUT2D eigenvalue weighted by Crippen LogP contribution is 2.28. The molecule has 2 unspecified atom stereocenters. The molecule has 108 valence electrons. The predicted octanol–water partition coefficient (Wildman–Crippen LogP) is 2.43. The van der Waals surface area contributed by atoms with E-state index in [4.69, 9.17) is 10.3 Å². The van der Waals surface area contributed by atoms with Crippen LogP contribution in [0.3, 0.4) is 0 Å². The number of hydrogen-bond acceptors (Lipinski definition) is 6. The van der Waals surface area contributed by atoms with Gasteiger partial charge < -0.3 is 15.4 Å². The molecule has 3 N–H and O–H groups in total. The van der Waals surface area contributed by atoms with Gasteiger partial charge in [0.1, 0.15) is 11.7 Å². The predicted molar refractivity (Wildman–Crippen MR) is 81.3 cm³/mol. The van der Waals surface area contributed by atoms with Crippen molar-refractivity contribution in [2.45, 2.75) is 19.1 Å². The molecule has 0 aliphatic rings. The standard InChI is InChI=1S/C14H13BrN4O2/c1-7(20)11(16)14-18-13(19-21-14)12-9(15)6-8-4-2-3-5-10(8)17-12/h2-7,11,20H,16H2,1H3. The zero-order valence-electron chi connectivity index (χ0n) is 11.2. The number of para-hydroxylation sites is 1. The summed E-state index contributed by atoms with van der Waals surface area (Å²) >= 11 is 3.46.